The van der Waals surface area contributed by atoms with E-state index in [0.29, 0.717) is 6.54 Å². The molecule has 0 spiro atoms. The van der Waals surface area contributed by atoms with Crippen LogP contribution in [0, 0.1) is 0 Å². The number of hydrogen-bond acceptors (Lipinski definition) is 3. The highest BCUT2D eigenvalue weighted by Gasteiger charge is 2.09. The van der Waals surface area contributed by atoms with Crippen LogP contribution in [0.15, 0.2) is 0 Å². The van der Waals surface area contributed by atoms with Crippen LogP contribution in [0.25, 0.3) is 0 Å². The lowest BCUT2D eigenvalue weighted by Gasteiger charge is -2.21. The normalized spacial score (nSPS) is 10.7. The van der Waals surface area contributed by atoms with Crippen molar-refractivity contribution >= 4 is 5.91 Å². The molecule has 0 aliphatic heterocycles. The molecule has 0 heterocycles. The minimum Gasteiger partial charge on any atom is -0.342 e. The molecule has 0 rings (SSSR count). The van der Waals surface area contributed by atoms with E-state index in [0.717, 1.165) is 32.6 Å². The van der Waals surface area contributed by atoms with Crippen LogP contribution in [-0.4, -0.2) is 62.5 Å². The zero-order chi connectivity index (χ0) is 11.7. The van der Waals surface area contributed by atoms with Crippen LogP contribution in [0.5, 0.6) is 0 Å². The molecule has 0 saturated carbocycles. The van der Waals surface area contributed by atoms with Crippen molar-refractivity contribution in [2.24, 2.45) is 0 Å². The van der Waals surface area contributed by atoms with Gasteiger partial charge in [0.1, 0.15) is 0 Å². The molecule has 0 radical (unpaired) electrons. The minimum atomic E-state index is 0.207. The van der Waals surface area contributed by atoms with Crippen LogP contribution in [-0.2, 0) is 4.79 Å². The van der Waals surface area contributed by atoms with Crippen LogP contribution in [0.3, 0.4) is 0 Å². The average Bonchev–Trinajstić information content (AvgIpc) is 2.20. The van der Waals surface area contributed by atoms with Gasteiger partial charge >= 0.3 is 0 Å². The summed E-state index contributed by atoms with van der Waals surface area (Å²) in [6.07, 6.45) is 1.04. The maximum absolute atomic E-state index is 11.7. The summed E-state index contributed by atoms with van der Waals surface area (Å²) in [4.78, 5) is 15.7. The molecule has 0 aliphatic rings. The van der Waals surface area contributed by atoms with Crippen molar-refractivity contribution in [1.29, 1.82) is 0 Å². The molecule has 0 aromatic carbocycles. The fourth-order valence-electron chi connectivity index (χ4n) is 1.38. The predicted octanol–water partition coefficient (Wildman–Crippen LogP) is 0.396. The number of nitrogens with one attached hydrogen (secondary N) is 1. The van der Waals surface area contributed by atoms with Crippen LogP contribution in [0.4, 0.5) is 0 Å². The maximum atomic E-state index is 11.7. The number of likely N-dealkylation sites (N-methyl/N-ethyl adjacent to an activating group) is 2. The van der Waals surface area contributed by atoms with Crippen molar-refractivity contribution in [3.63, 3.8) is 0 Å². The molecule has 0 fully saturated rings. The summed E-state index contributed by atoms with van der Waals surface area (Å²) in [5.41, 5.74) is 0. The van der Waals surface area contributed by atoms with Crippen LogP contribution in [0.2, 0.25) is 0 Å². The predicted molar refractivity (Wildman–Crippen MR) is 64.0 cm³/mol. The molecule has 0 atom stereocenters. The molecule has 0 aliphatic carbocycles. The Hall–Kier alpha value is -0.610. The zero-order valence-corrected chi connectivity index (χ0v) is 10.5. The van der Waals surface area contributed by atoms with Gasteiger partial charge in [-0.15, -0.1) is 0 Å². The first-order valence-electron chi connectivity index (χ1n) is 5.75. The largest absolute Gasteiger partial charge is 0.342 e. The quantitative estimate of drug-likeness (QED) is 0.636. The monoisotopic (exact) mass is 215 g/mol. The van der Waals surface area contributed by atoms with E-state index in [-0.39, 0.29) is 5.91 Å². The van der Waals surface area contributed by atoms with Gasteiger partial charge in [0, 0.05) is 13.1 Å². The number of rotatable bonds is 8. The Morgan fingerprint density at radius 3 is 2.33 bits per heavy atom. The van der Waals surface area contributed by atoms with E-state index in [1.54, 1.807) is 0 Å². The molecule has 4 heteroatoms. The Morgan fingerprint density at radius 1 is 1.20 bits per heavy atom. The molecule has 0 aromatic rings. The molecule has 15 heavy (non-hydrogen) atoms. The van der Waals surface area contributed by atoms with Crippen LogP contribution >= 0.6 is 0 Å². The summed E-state index contributed by atoms with van der Waals surface area (Å²) >= 11 is 0. The second kappa shape index (κ2) is 8.68. The van der Waals surface area contributed by atoms with Crippen LogP contribution in [0.1, 0.15) is 20.3 Å². The summed E-state index contributed by atoms with van der Waals surface area (Å²) < 4.78 is 0. The van der Waals surface area contributed by atoms with Gasteiger partial charge in [-0.2, -0.15) is 0 Å². The van der Waals surface area contributed by atoms with Crippen molar-refractivity contribution in [3.8, 4) is 0 Å². The van der Waals surface area contributed by atoms with Gasteiger partial charge in [-0.1, -0.05) is 6.92 Å². The van der Waals surface area contributed by atoms with Gasteiger partial charge in [0.05, 0.1) is 6.54 Å². The molecular formula is C11H25N3O. The van der Waals surface area contributed by atoms with Crippen LogP contribution < -0.4 is 5.32 Å². The molecule has 1 N–H and O–H groups in total. The third-order valence-corrected chi connectivity index (χ3v) is 2.29. The Kier molecular flexibility index (Phi) is 8.33. The molecular weight excluding hydrogens is 190 g/mol. The van der Waals surface area contributed by atoms with Gasteiger partial charge in [0.15, 0.2) is 0 Å². The number of hydrogen-bond donors (Lipinski definition) is 1. The van der Waals surface area contributed by atoms with Gasteiger partial charge in [-0.25, -0.2) is 0 Å². The fraction of sp³-hybridized carbons (Fsp3) is 0.909. The minimum absolute atomic E-state index is 0.207. The van der Waals surface area contributed by atoms with Gasteiger partial charge in [-0.3, -0.25) is 4.79 Å². The first kappa shape index (κ1) is 14.4. The lowest BCUT2D eigenvalue weighted by molar-refractivity contribution is -0.130. The highest BCUT2D eigenvalue weighted by Crippen LogP contribution is 1.93. The van der Waals surface area contributed by atoms with Crippen molar-refractivity contribution in [2.75, 3.05) is 46.8 Å². The molecule has 0 bridgehead atoms. The molecule has 4 nitrogen and oxygen atoms in total. The van der Waals surface area contributed by atoms with E-state index in [1.807, 2.05) is 18.7 Å². The molecule has 0 aromatic heterocycles. The second-order valence-corrected chi connectivity index (χ2v) is 3.91. The molecule has 0 saturated heterocycles. The summed E-state index contributed by atoms with van der Waals surface area (Å²) in [7, 11) is 4.10. The fourth-order valence-corrected chi connectivity index (χ4v) is 1.38. The van der Waals surface area contributed by atoms with E-state index in [4.69, 9.17) is 0 Å². The second-order valence-electron chi connectivity index (χ2n) is 3.91. The van der Waals surface area contributed by atoms with E-state index in [2.05, 4.69) is 24.3 Å². The summed E-state index contributed by atoms with van der Waals surface area (Å²) in [6, 6.07) is 0. The first-order valence-corrected chi connectivity index (χ1v) is 5.75. The lowest BCUT2D eigenvalue weighted by atomic mass is 10.3. The number of nitrogens with zero attached hydrogens (tertiary/aromatic N) is 2. The number of carbonyl (C=O) groups is 1. The Labute approximate surface area is 93.6 Å². The molecule has 0 unspecified atom stereocenters. The standard InChI is InChI=1S/C11H25N3O/c1-5-12-10-11(15)14(6-2)9-7-8-13(3)4/h12H,5-10H2,1-4H3. The summed E-state index contributed by atoms with van der Waals surface area (Å²) in [5.74, 6) is 0.207. The Bertz CT molecular complexity index is 171. The van der Waals surface area contributed by atoms with Gasteiger partial charge in [0.2, 0.25) is 5.91 Å². The van der Waals surface area contributed by atoms with Crippen molar-refractivity contribution in [2.45, 2.75) is 20.3 Å². The Balaban J connectivity index is 3.75. The van der Waals surface area contributed by atoms with Crippen molar-refractivity contribution in [3.05, 3.63) is 0 Å². The molecule has 90 valence electrons. The van der Waals surface area contributed by atoms with Crippen molar-refractivity contribution in [1.82, 2.24) is 15.1 Å². The highest BCUT2D eigenvalue weighted by atomic mass is 16.2. The van der Waals surface area contributed by atoms with Gasteiger partial charge in [0.25, 0.3) is 0 Å². The number of amides is 1. The van der Waals surface area contributed by atoms with Gasteiger partial charge < -0.3 is 15.1 Å². The van der Waals surface area contributed by atoms with E-state index >= 15 is 0 Å². The first-order chi connectivity index (χ1) is 7.11. The van der Waals surface area contributed by atoms with E-state index in [1.165, 1.54) is 0 Å². The van der Waals surface area contributed by atoms with Crippen molar-refractivity contribution < 1.29 is 4.79 Å². The Morgan fingerprint density at radius 2 is 1.87 bits per heavy atom. The lowest BCUT2D eigenvalue weighted by Crippen LogP contribution is -2.39. The maximum Gasteiger partial charge on any atom is 0.236 e. The van der Waals surface area contributed by atoms with Gasteiger partial charge in [-0.05, 0) is 40.5 Å². The third kappa shape index (κ3) is 7.33. The van der Waals surface area contributed by atoms with E-state index < -0.39 is 0 Å². The molecule has 1 amide bonds. The average molecular weight is 215 g/mol. The number of carbonyl (C=O) groups excluding carboxylic acids is 1. The summed E-state index contributed by atoms with van der Waals surface area (Å²) in [5, 5.41) is 3.06. The smallest absolute Gasteiger partial charge is 0.236 e. The zero-order valence-electron chi connectivity index (χ0n) is 10.5. The topological polar surface area (TPSA) is 35.6 Å². The summed E-state index contributed by atoms with van der Waals surface area (Å²) in [6.45, 7) is 8.05. The van der Waals surface area contributed by atoms with E-state index in [9.17, 15) is 4.79 Å². The highest BCUT2D eigenvalue weighted by molar-refractivity contribution is 5.78. The third-order valence-electron chi connectivity index (χ3n) is 2.29. The SMILES string of the molecule is CCNCC(=O)N(CC)CCCN(C)C.